The first kappa shape index (κ1) is 30.8. The average molecular weight is 457 g/mol. The van der Waals surface area contributed by atoms with Crippen LogP contribution < -0.4 is 4.89 Å². The van der Waals surface area contributed by atoms with Crippen molar-refractivity contribution in [3.05, 3.63) is 12.2 Å². The van der Waals surface area contributed by atoms with E-state index in [1.165, 1.54) is 96.3 Å². The molecule has 31 heavy (non-hydrogen) atoms. The minimum atomic E-state index is -2.42. The van der Waals surface area contributed by atoms with E-state index in [0.717, 1.165) is 19.3 Å². The van der Waals surface area contributed by atoms with Crippen LogP contribution in [-0.4, -0.2) is 30.9 Å². The second-order valence-corrected chi connectivity index (χ2v) is 11.7. The van der Waals surface area contributed by atoms with Crippen LogP contribution in [0.3, 0.4) is 0 Å². The Morgan fingerprint density at radius 3 is 1.42 bits per heavy atom. The van der Waals surface area contributed by atoms with Gasteiger partial charge in [0.2, 0.25) is 0 Å². The molecule has 0 spiro atoms. The average Bonchev–Trinajstić information content (AvgIpc) is 2.71. The van der Waals surface area contributed by atoms with E-state index in [1.807, 2.05) is 28.1 Å². The van der Waals surface area contributed by atoms with E-state index in [4.69, 9.17) is 0 Å². The summed E-state index contributed by atoms with van der Waals surface area (Å²) in [5.41, 5.74) is 0. The number of hydrogen-bond acceptors (Lipinski definition) is 2. The summed E-state index contributed by atoms with van der Waals surface area (Å²) in [5.74, 6) is 0. The molecule has 0 aliphatic carbocycles. The summed E-state index contributed by atoms with van der Waals surface area (Å²) >= 11 is 0. The molecule has 0 saturated carbocycles. The molecule has 2 atom stereocenters. The molecule has 0 aromatic carbocycles. The molecule has 0 aromatic rings. The summed E-state index contributed by atoms with van der Waals surface area (Å²) in [7, 11) is 3.62. The van der Waals surface area contributed by atoms with Gasteiger partial charge >= 0.3 is 8.03 Å². The number of hydrogen-bond donors (Lipinski definition) is 0. The molecule has 4 heteroatoms. The number of quaternary nitrogens is 1. The maximum Gasteiger partial charge on any atom is 0.376 e. The highest BCUT2D eigenvalue weighted by Gasteiger charge is 2.52. The summed E-state index contributed by atoms with van der Waals surface area (Å²) in [6.45, 7) is 4.29. The van der Waals surface area contributed by atoms with Crippen LogP contribution in [0.2, 0.25) is 0 Å². The van der Waals surface area contributed by atoms with Crippen molar-refractivity contribution in [3.8, 4) is 0 Å². The molecule has 0 heterocycles. The predicted molar refractivity (Wildman–Crippen MR) is 137 cm³/mol. The molecule has 0 bridgehead atoms. The van der Waals surface area contributed by atoms with Gasteiger partial charge in [-0.3, -0.25) is 4.48 Å². The number of nitrogens with zero attached hydrogens (tertiary/aromatic N) is 1. The number of rotatable bonds is 22. The molecule has 0 amide bonds. The van der Waals surface area contributed by atoms with E-state index < -0.39 is 13.3 Å². The van der Waals surface area contributed by atoms with Gasteiger partial charge < -0.3 is 4.89 Å². The Hall–Kier alpha value is -0.240. The Bertz CT molecular complexity index is 459. The van der Waals surface area contributed by atoms with E-state index in [0.29, 0.717) is 10.9 Å². The third kappa shape index (κ3) is 14.5. The minimum absolute atomic E-state index is 0.508. The van der Waals surface area contributed by atoms with Crippen LogP contribution in [-0.2, 0) is 4.57 Å². The minimum Gasteiger partial charge on any atom is -0.590 e. The smallest absolute Gasteiger partial charge is 0.376 e. The quantitative estimate of drug-likeness (QED) is 0.0709. The highest BCUT2D eigenvalue weighted by atomic mass is 31.1. The zero-order valence-electron chi connectivity index (χ0n) is 21.8. The van der Waals surface area contributed by atoms with Crippen LogP contribution >= 0.6 is 8.03 Å². The van der Waals surface area contributed by atoms with Crippen molar-refractivity contribution in [2.24, 2.45) is 0 Å². The molecular weight excluding hydrogens is 401 g/mol. The third-order valence-corrected chi connectivity index (χ3v) is 8.81. The summed E-state index contributed by atoms with van der Waals surface area (Å²) in [5, 5.41) is -0.602. The molecule has 0 rings (SSSR count). The predicted octanol–water partition coefficient (Wildman–Crippen LogP) is 8.50. The normalized spacial score (nSPS) is 14.8. The molecular formula is C27H55NO2P+. The molecule has 0 saturated heterocycles. The Morgan fingerprint density at radius 1 is 0.677 bits per heavy atom. The van der Waals surface area contributed by atoms with Crippen LogP contribution in [0, 0.1) is 0 Å². The Labute approximate surface area is 196 Å². The highest BCUT2D eigenvalue weighted by Crippen LogP contribution is 2.44. The molecule has 0 N–H and O–H groups in total. The van der Waals surface area contributed by atoms with Crippen LogP contribution in [0.15, 0.2) is 12.2 Å². The fourth-order valence-corrected chi connectivity index (χ4v) is 5.73. The molecule has 0 fully saturated rings. The summed E-state index contributed by atoms with van der Waals surface area (Å²) in [4.78, 5) is 11.9. The molecule has 0 aliphatic heterocycles. The second kappa shape index (κ2) is 19.2. The van der Waals surface area contributed by atoms with Crippen molar-refractivity contribution in [3.63, 3.8) is 0 Å². The lowest BCUT2D eigenvalue weighted by Crippen LogP contribution is -2.55. The Balaban J connectivity index is 3.56. The maximum atomic E-state index is 11.9. The molecule has 0 aromatic heterocycles. The lowest BCUT2D eigenvalue weighted by molar-refractivity contribution is -0.910. The van der Waals surface area contributed by atoms with Gasteiger partial charge in [0.15, 0.2) is 0 Å². The van der Waals surface area contributed by atoms with Crippen molar-refractivity contribution in [2.45, 2.75) is 141 Å². The molecule has 184 valence electrons. The Morgan fingerprint density at radius 2 is 1.06 bits per heavy atom. The van der Waals surface area contributed by atoms with Crippen molar-refractivity contribution < 1.29 is 13.9 Å². The van der Waals surface area contributed by atoms with Gasteiger partial charge in [-0.2, -0.15) is 0 Å². The molecule has 0 radical (unpaired) electrons. The van der Waals surface area contributed by atoms with Gasteiger partial charge in [0.05, 0.1) is 21.1 Å². The highest BCUT2D eigenvalue weighted by molar-refractivity contribution is 7.38. The van der Waals surface area contributed by atoms with Crippen LogP contribution in [0.25, 0.3) is 0 Å². The van der Waals surface area contributed by atoms with E-state index in [1.54, 1.807) is 0 Å². The standard InChI is InChI=1S/C27H55NO2P/c1-6-8-9-10-11-12-13-14-15-16-17-18-19-20-21-22-23-24-25-26-27(7-2,31(29)30)28(3,4)5/h17-18H,6-16,19-26H2,1-5H3/q+1/b18-17-. The van der Waals surface area contributed by atoms with Gasteiger partial charge in [0.25, 0.3) is 5.28 Å². The molecule has 2 unspecified atom stereocenters. The fraction of sp³-hybridized carbons (Fsp3) is 0.926. The SMILES string of the molecule is CCCCCCCCCCC/C=C\CCCCCCCCC(CC)([P+](=O)[O-])[N+](C)(C)C. The van der Waals surface area contributed by atoms with Gasteiger partial charge in [0, 0.05) is 12.8 Å². The fourth-order valence-electron chi connectivity index (χ4n) is 4.64. The van der Waals surface area contributed by atoms with Crippen LogP contribution in [0.5, 0.6) is 0 Å². The molecule has 0 aliphatic rings. The maximum absolute atomic E-state index is 11.9. The van der Waals surface area contributed by atoms with Crippen molar-refractivity contribution in [1.29, 1.82) is 0 Å². The van der Waals surface area contributed by atoms with Gasteiger partial charge in [-0.25, -0.2) is 0 Å². The van der Waals surface area contributed by atoms with Gasteiger partial charge in [-0.15, -0.1) is 0 Å². The zero-order valence-corrected chi connectivity index (χ0v) is 22.7. The summed E-state index contributed by atoms with van der Waals surface area (Å²) < 4.78 is 12.4. The summed E-state index contributed by atoms with van der Waals surface area (Å²) in [6.07, 6.45) is 28.6. The first-order valence-electron chi connectivity index (χ1n) is 13.4. The topological polar surface area (TPSA) is 40.1 Å². The number of allylic oxidation sites excluding steroid dienone is 2. The van der Waals surface area contributed by atoms with Crippen molar-refractivity contribution in [2.75, 3.05) is 21.1 Å². The van der Waals surface area contributed by atoms with Gasteiger partial charge in [-0.1, -0.05) is 108 Å². The zero-order chi connectivity index (χ0) is 23.4. The lowest BCUT2D eigenvalue weighted by atomic mass is 10.0. The summed E-state index contributed by atoms with van der Waals surface area (Å²) in [6, 6.07) is 0. The second-order valence-electron chi connectivity index (χ2n) is 10.4. The van der Waals surface area contributed by atoms with Crippen LogP contribution in [0.4, 0.5) is 0 Å². The van der Waals surface area contributed by atoms with E-state index in [-0.39, 0.29) is 0 Å². The van der Waals surface area contributed by atoms with Gasteiger partial charge in [-0.05, 0) is 32.1 Å². The number of unbranched alkanes of at least 4 members (excludes halogenated alkanes) is 15. The van der Waals surface area contributed by atoms with Crippen molar-refractivity contribution in [1.82, 2.24) is 0 Å². The first-order valence-corrected chi connectivity index (χ1v) is 14.6. The van der Waals surface area contributed by atoms with E-state index in [2.05, 4.69) is 19.1 Å². The largest absolute Gasteiger partial charge is 0.590 e. The third-order valence-electron chi connectivity index (χ3n) is 6.99. The molecule has 3 nitrogen and oxygen atoms in total. The lowest BCUT2D eigenvalue weighted by Gasteiger charge is -2.39. The van der Waals surface area contributed by atoms with Crippen LogP contribution in [0.1, 0.15) is 136 Å². The first-order chi connectivity index (χ1) is 14.8. The Kier molecular flexibility index (Phi) is 19.1. The van der Waals surface area contributed by atoms with Gasteiger partial charge in [0.1, 0.15) is 0 Å². The van der Waals surface area contributed by atoms with E-state index in [9.17, 15) is 9.46 Å². The van der Waals surface area contributed by atoms with E-state index >= 15 is 0 Å². The van der Waals surface area contributed by atoms with Crippen molar-refractivity contribution >= 4 is 8.03 Å². The monoisotopic (exact) mass is 456 g/mol.